The van der Waals surface area contributed by atoms with Crippen LogP contribution in [0, 0.1) is 0 Å². The van der Waals surface area contributed by atoms with Crippen LogP contribution in [0.3, 0.4) is 0 Å². The first kappa shape index (κ1) is 14.0. The van der Waals surface area contributed by atoms with E-state index in [1.54, 1.807) is 21.0 Å². The molecule has 7 nitrogen and oxygen atoms in total. The first-order valence-corrected chi connectivity index (χ1v) is 6.28. The molecular formula is C12H19N3O4. The fraction of sp³-hybridized carbons (Fsp3) is 0.750. The van der Waals surface area contributed by atoms with Crippen LogP contribution >= 0.6 is 0 Å². The van der Waals surface area contributed by atoms with Crippen LogP contribution in [0.1, 0.15) is 20.3 Å². The average molecular weight is 269 g/mol. The van der Waals surface area contributed by atoms with E-state index in [2.05, 4.69) is 10.6 Å². The molecule has 2 N–H and O–H groups in total. The van der Waals surface area contributed by atoms with Gasteiger partial charge in [-0.25, -0.2) is 0 Å². The Bertz CT molecular complexity index is 421. The van der Waals surface area contributed by atoms with Crippen LogP contribution in [0.2, 0.25) is 0 Å². The van der Waals surface area contributed by atoms with Gasteiger partial charge in [0.25, 0.3) is 5.91 Å². The summed E-state index contributed by atoms with van der Waals surface area (Å²) in [4.78, 5) is 37.0. The van der Waals surface area contributed by atoms with Crippen LogP contribution < -0.4 is 10.6 Å². The van der Waals surface area contributed by atoms with Crippen LogP contribution in [-0.4, -0.2) is 60.5 Å². The zero-order valence-corrected chi connectivity index (χ0v) is 11.4. The molecule has 0 aromatic heterocycles. The topological polar surface area (TPSA) is 87.7 Å². The molecule has 0 bridgehead atoms. The van der Waals surface area contributed by atoms with Crippen molar-refractivity contribution in [3.05, 3.63) is 0 Å². The van der Waals surface area contributed by atoms with E-state index in [1.165, 1.54) is 4.90 Å². The Morgan fingerprint density at radius 1 is 1.42 bits per heavy atom. The molecule has 2 aliphatic rings. The van der Waals surface area contributed by atoms with E-state index < -0.39 is 23.4 Å². The number of methoxy groups -OCH3 is 1. The summed E-state index contributed by atoms with van der Waals surface area (Å²) in [6.07, 6.45) is 0.545. The van der Waals surface area contributed by atoms with Gasteiger partial charge >= 0.3 is 0 Å². The summed E-state index contributed by atoms with van der Waals surface area (Å²) in [7, 11) is 1.60. The maximum absolute atomic E-state index is 12.4. The molecule has 2 fully saturated rings. The monoisotopic (exact) mass is 269 g/mol. The van der Waals surface area contributed by atoms with Gasteiger partial charge in [-0.05, 0) is 20.3 Å². The summed E-state index contributed by atoms with van der Waals surface area (Å²) >= 11 is 0. The molecule has 2 unspecified atom stereocenters. The number of ether oxygens (including phenoxy) is 1. The van der Waals surface area contributed by atoms with Gasteiger partial charge in [0.2, 0.25) is 11.8 Å². The number of piperazine rings is 1. The number of hydrogen-bond acceptors (Lipinski definition) is 5. The number of rotatable bonds is 2. The number of carbonyl (C=O) groups excluding carboxylic acids is 3. The second kappa shape index (κ2) is 4.90. The highest BCUT2D eigenvalue weighted by molar-refractivity contribution is 6.06. The molecule has 2 saturated heterocycles. The fourth-order valence-corrected chi connectivity index (χ4v) is 2.40. The summed E-state index contributed by atoms with van der Waals surface area (Å²) in [5, 5.41) is 5.31. The molecule has 0 aromatic rings. The Kier molecular flexibility index (Phi) is 3.60. The Hall–Kier alpha value is -1.47. The average Bonchev–Trinajstić information content (AvgIpc) is 2.82. The van der Waals surface area contributed by atoms with Gasteiger partial charge in [-0.3, -0.25) is 19.7 Å². The molecule has 2 atom stereocenters. The Morgan fingerprint density at radius 3 is 2.68 bits per heavy atom. The molecule has 106 valence electrons. The van der Waals surface area contributed by atoms with Gasteiger partial charge in [0.05, 0.1) is 12.1 Å². The van der Waals surface area contributed by atoms with Crippen LogP contribution in [-0.2, 0) is 19.1 Å². The highest BCUT2D eigenvalue weighted by Gasteiger charge is 2.46. The summed E-state index contributed by atoms with van der Waals surface area (Å²) in [6.45, 7) is 3.78. The molecule has 0 spiro atoms. The number of imide groups is 1. The third kappa shape index (κ3) is 2.48. The lowest BCUT2D eigenvalue weighted by Crippen LogP contribution is -2.67. The van der Waals surface area contributed by atoms with Gasteiger partial charge in [-0.15, -0.1) is 0 Å². The normalized spacial score (nSPS) is 30.4. The number of nitrogens with zero attached hydrogens (tertiary/aromatic N) is 1. The van der Waals surface area contributed by atoms with Crippen LogP contribution in [0.15, 0.2) is 0 Å². The highest BCUT2D eigenvalue weighted by atomic mass is 16.5. The minimum absolute atomic E-state index is 0.00798. The van der Waals surface area contributed by atoms with E-state index in [0.29, 0.717) is 13.0 Å². The van der Waals surface area contributed by atoms with E-state index in [0.717, 1.165) is 0 Å². The molecule has 0 radical (unpaired) electrons. The summed E-state index contributed by atoms with van der Waals surface area (Å²) < 4.78 is 5.19. The maximum atomic E-state index is 12.4. The zero-order chi connectivity index (χ0) is 14.2. The van der Waals surface area contributed by atoms with Gasteiger partial charge in [0.15, 0.2) is 0 Å². The van der Waals surface area contributed by atoms with Crippen molar-refractivity contribution in [2.75, 3.05) is 20.2 Å². The molecule has 0 saturated carbocycles. The molecule has 0 aliphatic carbocycles. The van der Waals surface area contributed by atoms with Crippen LogP contribution in [0.25, 0.3) is 0 Å². The summed E-state index contributed by atoms with van der Waals surface area (Å²) in [5.41, 5.74) is -1.02. The van der Waals surface area contributed by atoms with Crippen LogP contribution in [0.4, 0.5) is 0 Å². The van der Waals surface area contributed by atoms with Gasteiger partial charge in [-0.1, -0.05) is 0 Å². The van der Waals surface area contributed by atoms with E-state index >= 15 is 0 Å². The number of nitrogens with one attached hydrogen (secondary N) is 2. The highest BCUT2D eigenvalue weighted by Crippen LogP contribution is 2.22. The van der Waals surface area contributed by atoms with Gasteiger partial charge in [0.1, 0.15) is 12.1 Å². The minimum atomic E-state index is -1.02. The fourth-order valence-electron chi connectivity index (χ4n) is 2.40. The van der Waals surface area contributed by atoms with Gasteiger partial charge < -0.3 is 15.0 Å². The lowest BCUT2D eigenvalue weighted by Gasteiger charge is -2.41. The van der Waals surface area contributed by atoms with E-state index in [4.69, 9.17) is 4.74 Å². The number of hydrogen-bond donors (Lipinski definition) is 2. The summed E-state index contributed by atoms with van der Waals surface area (Å²) in [5.74, 6) is -1.12. The Labute approximate surface area is 111 Å². The molecule has 0 aromatic carbocycles. The first-order chi connectivity index (χ1) is 8.86. The van der Waals surface area contributed by atoms with Crippen molar-refractivity contribution in [1.29, 1.82) is 0 Å². The van der Waals surface area contributed by atoms with Crippen LogP contribution in [0.5, 0.6) is 0 Å². The van der Waals surface area contributed by atoms with Crippen molar-refractivity contribution in [3.63, 3.8) is 0 Å². The Morgan fingerprint density at radius 2 is 2.11 bits per heavy atom. The van der Waals surface area contributed by atoms with Crippen molar-refractivity contribution in [2.24, 2.45) is 0 Å². The molecule has 2 rings (SSSR count). The molecule has 3 amide bonds. The third-order valence-electron chi connectivity index (χ3n) is 3.77. The predicted molar refractivity (Wildman–Crippen MR) is 66.1 cm³/mol. The van der Waals surface area contributed by atoms with E-state index in [1.807, 2.05) is 0 Å². The smallest absolute Gasteiger partial charge is 0.252 e. The van der Waals surface area contributed by atoms with Crippen molar-refractivity contribution >= 4 is 17.7 Å². The van der Waals surface area contributed by atoms with E-state index in [-0.39, 0.29) is 18.6 Å². The SMILES string of the molecule is COC1CNC(C(=O)N2CC(=O)NC(=O)C2(C)C)C1. The summed E-state index contributed by atoms with van der Waals surface area (Å²) in [6, 6.07) is -0.400. The lowest BCUT2D eigenvalue weighted by molar-refractivity contribution is -0.156. The molecule has 2 heterocycles. The number of carbonyl (C=O) groups is 3. The minimum Gasteiger partial charge on any atom is -0.380 e. The largest absolute Gasteiger partial charge is 0.380 e. The van der Waals surface area contributed by atoms with Crippen molar-refractivity contribution < 1.29 is 19.1 Å². The Balaban J connectivity index is 2.13. The van der Waals surface area contributed by atoms with Crippen molar-refractivity contribution in [1.82, 2.24) is 15.5 Å². The first-order valence-electron chi connectivity index (χ1n) is 6.28. The van der Waals surface area contributed by atoms with Crippen molar-refractivity contribution in [2.45, 2.75) is 38.0 Å². The van der Waals surface area contributed by atoms with E-state index in [9.17, 15) is 14.4 Å². The zero-order valence-electron chi connectivity index (χ0n) is 11.4. The third-order valence-corrected chi connectivity index (χ3v) is 3.77. The standard InChI is InChI=1S/C12H19N3O4/c1-12(2)11(18)14-9(16)6-15(12)10(17)8-4-7(19-3)5-13-8/h7-8,13H,4-6H2,1-3H3,(H,14,16,18). The second-order valence-corrected chi connectivity index (χ2v) is 5.41. The molecule has 2 aliphatic heterocycles. The molecule has 19 heavy (non-hydrogen) atoms. The second-order valence-electron chi connectivity index (χ2n) is 5.41. The molecule has 7 heteroatoms. The van der Waals surface area contributed by atoms with Gasteiger partial charge in [-0.2, -0.15) is 0 Å². The van der Waals surface area contributed by atoms with Crippen molar-refractivity contribution in [3.8, 4) is 0 Å². The number of amides is 3. The quantitative estimate of drug-likeness (QED) is 0.604. The lowest BCUT2D eigenvalue weighted by atomic mass is 9.97. The van der Waals surface area contributed by atoms with Gasteiger partial charge in [0, 0.05) is 13.7 Å². The predicted octanol–water partition coefficient (Wildman–Crippen LogP) is -1.37. The maximum Gasteiger partial charge on any atom is 0.252 e. The molecular weight excluding hydrogens is 250 g/mol.